The van der Waals surface area contributed by atoms with E-state index < -0.39 is 0 Å². The van der Waals surface area contributed by atoms with Crippen LogP contribution in [0.3, 0.4) is 0 Å². The van der Waals surface area contributed by atoms with Crippen molar-refractivity contribution in [2.24, 2.45) is 0 Å². The monoisotopic (exact) mass is 318 g/mol. The zero-order chi connectivity index (χ0) is 14.0. The summed E-state index contributed by atoms with van der Waals surface area (Å²) in [5.41, 5.74) is 10.3. The number of halogens is 1. The van der Waals surface area contributed by atoms with Gasteiger partial charge in [0.2, 0.25) is 0 Å². The molecule has 0 aromatic heterocycles. The fourth-order valence-corrected chi connectivity index (χ4v) is 2.43. The van der Waals surface area contributed by atoms with Gasteiger partial charge in [-0.3, -0.25) is 0 Å². The van der Waals surface area contributed by atoms with E-state index in [9.17, 15) is 0 Å². The Kier molecular flexibility index (Phi) is 4.15. The molecule has 0 spiro atoms. The predicted molar refractivity (Wildman–Crippen MR) is 87.1 cm³/mol. The van der Waals surface area contributed by atoms with E-state index in [2.05, 4.69) is 58.9 Å². The summed E-state index contributed by atoms with van der Waals surface area (Å²) in [6, 6.07) is 14.6. The number of hydrogen-bond donors (Lipinski definition) is 1. The minimum atomic E-state index is 0.553. The van der Waals surface area contributed by atoms with E-state index in [1.54, 1.807) is 0 Å². The molecule has 2 rings (SSSR count). The summed E-state index contributed by atoms with van der Waals surface area (Å²) < 4.78 is 0.998. The molecule has 0 fully saturated rings. The van der Waals surface area contributed by atoms with Crippen LogP contribution in [-0.2, 0) is 0 Å². The predicted octanol–water partition coefficient (Wildman–Crippen LogP) is 4.92. The third kappa shape index (κ3) is 3.10. The lowest BCUT2D eigenvalue weighted by atomic mass is 10.0. The molecule has 0 unspecified atom stereocenters. The van der Waals surface area contributed by atoms with Gasteiger partial charge in [0.25, 0.3) is 0 Å². The molecule has 2 nitrogen and oxygen atoms in total. The Balaban J connectivity index is 2.30. The summed E-state index contributed by atoms with van der Waals surface area (Å²) in [6.07, 6.45) is 0. The van der Waals surface area contributed by atoms with Gasteiger partial charge >= 0.3 is 0 Å². The Bertz CT molecular complexity index is 561. The molecule has 0 aliphatic carbocycles. The Morgan fingerprint density at radius 1 is 1.05 bits per heavy atom. The topological polar surface area (TPSA) is 29.3 Å². The van der Waals surface area contributed by atoms with Gasteiger partial charge in [-0.05, 0) is 41.8 Å². The Morgan fingerprint density at radius 3 is 2.21 bits per heavy atom. The molecule has 0 heterocycles. The van der Waals surface area contributed by atoms with Crippen LogP contribution in [0, 0.1) is 0 Å². The molecule has 0 aliphatic rings. The van der Waals surface area contributed by atoms with E-state index in [1.807, 2.05) is 25.2 Å². The zero-order valence-corrected chi connectivity index (χ0v) is 13.1. The van der Waals surface area contributed by atoms with Crippen molar-refractivity contribution in [3.63, 3.8) is 0 Å². The van der Waals surface area contributed by atoms with Gasteiger partial charge in [0.1, 0.15) is 0 Å². The van der Waals surface area contributed by atoms with Crippen LogP contribution in [-0.4, -0.2) is 7.05 Å². The van der Waals surface area contributed by atoms with Crippen molar-refractivity contribution in [2.75, 3.05) is 17.7 Å². The van der Waals surface area contributed by atoms with Crippen molar-refractivity contribution in [3.05, 3.63) is 52.5 Å². The number of hydrogen-bond acceptors (Lipinski definition) is 2. The van der Waals surface area contributed by atoms with Crippen LogP contribution < -0.4 is 10.6 Å². The van der Waals surface area contributed by atoms with Crippen LogP contribution in [0.2, 0.25) is 0 Å². The van der Waals surface area contributed by atoms with Crippen LogP contribution in [0.5, 0.6) is 0 Å². The molecule has 19 heavy (non-hydrogen) atoms. The van der Waals surface area contributed by atoms with Crippen LogP contribution >= 0.6 is 15.9 Å². The first-order valence-electron chi connectivity index (χ1n) is 6.37. The van der Waals surface area contributed by atoms with E-state index in [1.165, 1.54) is 5.56 Å². The molecule has 0 aliphatic heterocycles. The van der Waals surface area contributed by atoms with Gasteiger partial charge < -0.3 is 10.6 Å². The quantitative estimate of drug-likeness (QED) is 0.813. The van der Waals surface area contributed by atoms with Crippen molar-refractivity contribution >= 4 is 33.0 Å². The highest BCUT2D eigenvalue weighted by molar-refractivity contribution is 9.10. The van der Waals surface area contributed by atoms with Gasteiger partial charge in [0.05, 0.1) is 11.4 Å². The molecule has 2 aromatic rings. The molecular weight excluding hydrogens is 300 g/mol. The highest BCUT2D eigenvalue weighted by Gasteiger charge is 2.08. The summed E-state index contributed by atoms with van der Waals surface area (Å²) in [5, 5.41) is 0. The molecular formula is C16H19BrN2. The van der Waals surface area contributed by atoms with Crippen molar-refractivity contribution in [1.29, 1.82) is 0 Å². The fraction of sp³-hybridized carbons (Fsp3) is 0.250. The smallest absolute Gasteiger partial charge is 0.0642 e. The van der Waals surface area contributed by atoms with Gasteiger partial charge in [0.15, 0.2) is 0 Å². The van der Waals surface area contributed by atoms with Crippen LogP contribution in [0.4, 0.5) is 17.1 Å². The van der Waals surface area contributed by atoms with Crippen molar-refractivity contribution < 1.29 is 0 Å². The number of rotatable bonds is 3. The van der Waals surface area contributed by atoms with Gasteiger partial charge in [-0.15, -0.1) is 0 Å². The second-order valence-corrected chi connectivity index (χ2v) is 5.92. The van der Waals surface area contributed by atoms with Crippen LogP contribution in [0.15, 0.2) is 46.9 Å². The normalized spacial score (nSPS) is 10.8. The fourth-order valence-electron chi connectivity index (χ4n) is 2.05. The maximum absolute atomic E-state index is 6.07. The maximum atomic E-state index is 6.07. The van der Waals surface area contributed by atoms with Crippen LogP contribution in [0.25, 0.3) is 0 Å². The SMILES string of the molecule is CC(C)c1ccc(N(C)c2ccc(Br)cc2N)cc1. The van der Waals surface area contributed by atoms with Crippen molar-refractivity contribution in [3.8, 4) is 0 Å². The van der Waals surface area contributed by atoms with E-state index in [-0.39, 0.29) is 0 Å². The standard InChI is InChI=1S/C16H19BrN2/c1-11(2)12-4-7-14(8-5-12)19(3)16-9-6-13(17)10-15(16)18/h4-11H,18H2,1-3H3. The lowest BCUT2D eigenvalue weighted by Crippen LogP contribution is -2.11. The zero-order valence-electron chi connectivity index (χ0n) is 11.5. The molecule has 2 N–H and O–H groups in total. The molecule has 0 radical (unpaired) electrons. The minimum Gasteiger partial charge on any atom is -0.397 e. The molecule has 2 aromatic carbocycles. The largest absolute Gasteiger partial charge is 0.397 e. The first-order chi connectivity index (χ1) is 8.99. The highest BCUT2D eigenvalue weighted by atomic mass is 79.9. The Morgan fingerprint density at radius 2 is 1.68 bits per heavy atom. The molecule has 0 amide bonds. The Labute approximate surface area is 123 Å². The molecule has 0 atom stereocenters. The van der Waals surface area contributed by atoms with E-state index in [0.717, 1.165) is 21.5 Å². The van der Waals surface area contributed by atoms with E-state index in [4.69, 9.17) is 5.73 Å². The number of benzene rings is 2. The second-order valence-electron chi connectivity index (χ2n) is 5.01. The first kappa shape index (κ1) is 13.9. The summed E-state index contributed by atoms with van der Waals surface area (Å²) >= 11 is 3.43. The van der Waals surface area contributed by atoms with Crippen molar-refractivity contribution in [2.45, 2.75) is 19.8 Å². The molecule has 0 bridgehead atoms. The number of nitrogen functional groups attached to an aromatic ring is 1. The summed E-state index contributed by atoms with van der Waals surface area (Å²) in [5.74, 6) is 0.553. The second kappa shape index (κ2) is 5.66. The number of nitrogens with zero attached hydrogens (tertiary/aromatic N) is 1. The first-order valence-corrected chi connectivity index (χ1v) is 7.17. The summed E-state index contributed by atoms with van der Waals surface area (Å²) in [7, 11) is 2.03. The van der Waals surface area contributed by atoms with Crippen LogP contribution in [0.1, 0.15) is 25.3 Å². The summed E-state index contributed by atoms with van der Waals surface area (Å²) in [6.45, 7) is 4.40. The van der Waals surface area contributed by atoms with E-state index in [0.29, 0.717) is 5.92 Å². The van der Waals surface area contributed by atoms with Gasteiger partial charge in [0, 0.05) is 17.2 Å². The number of nitrogens with two attached hydrogens (primary N) is 1. The third-order valence-electron chi connectivity index (χ3n) is 3.30. The van der Waals surface area contributed by atoms with Gasteiger partial charge in [-0.2, -0.15) is 0 Å². The lowest BCUT2D eigenvalue weighted by Gasteiger charge is -2.22. The third-order valence-corrected chi connectivity index (χ3v) is 3.79. The summed E-state index contributed by atoms with van der Waals surface area (Å²) in [4.78, 5) is 2.10. The lowest BCUT2D eigenvalue weighted by molar-refractivity contribution is 0.866. The Hall–Kier alpha value is -1.48. The average molecular weight is 319 g/mol. The number of anilines is 3. The minimum absolute atomic E-state index is 0.553. The van der Waals surface area contributed by atoms with Crippen molar-refractivity contribution in [1.82, 2.24) is 0 Å². The van der Waals surface area contributed by atoms with E-state index >= 15 is 0 Å². The maximum Gasteiger partial charge on any atom is 0.0642 e. The molecule has 0 saturated carbocycles. The molecule has 3 heteroatoms. The van der Waals surface area contributed by atoms with Gasteiger partial charge in [-0.1, -0.05) is 41.9 Å². The average Bonchev–Trinajstić information content (AvgIpc) is 2.38. The van der Waals surface area contributed by atoms with Gasteiger partial charge in [-0.25, -0.2) is 0 Å². The highest BCUT2D eigenvalue weighted by Crippen LogP contribution is 2.31. The molecule has 0 saturated heterocycles. The molecule has 100 valence electrons.